The Morgan fingerprint density at radius 2 is 1.89 bits per heavy atom. The van der Waals surface area contributed by atoms with Crippen LogP contribution in [0.4, 0.5) is 10.1 Å². The molecule has 2 aromatic rings. The minimum atomic E-state index is -0.242. The molecule has 0 spiro atoms. The van der Waals surface area contributed by atoms with Crippen LogP contribution in [0.1, 0.15) is 31.4 Å². The molecule has 100 valence electrons. The maximum absolute atomic E-state index is 13.5. The van der Waals surface area contributed by atoms with Crippen molar-refractivity contribution in [3.63, 3.8) is 0 Å². The van der Waals surface area contributed by atoms with Crippen LogP contribution in [0, 0.1) is 5.82 Å². The average Bonchev–Trinajstić information content (AvgIpc) is 2.43. The molecule has 3 heteroatoms. The van der Waals surface area contributed by atoms with Gasteiger partial charge in [0, 0.05) is 5.69 Å². The fraction of sp³-hybridized carbons (Fsp3) is 0.250. The highest BCUT2D eigenvalue weighted by Crippen LogP contribution is 2.26. The minimum Gasteiger partial charge on any atom is -0.378 e. The highest BCUT2D eigenvalue weighted by molar-refractivity contribution is 9.10. The van der Waals surface area contributed by atoms with Crippen molar-refractivity contribution >= 4 is 21.6 Å². The molecule has 0 aliphatic carbocycles. The number of halogens is 2. The maximum atomic E-state index is 13.5. The van der Waals surface area contributed by atoms with E-state index >= 15 is 0 Å². The van der Waals surface area contributed by atoms with Crippen molar-refractivity contribution in [2.75, 3.05) is 5.32 Å². The van der Waals surface area contributed by atoms with Crippen LogP contribution >= 0.6 is 15.9 Å². The molecular weight excluding hydrogens is 305 g/mol. The Bertz CT molecular complexity index is 528. The van der Waals surface area contributed by atoms with E-state index in [0.29, 0.717) is 4.47 Å². The zero-order valence-corrected chi connectivity index (χ0v) is 12.5. The number of anilines is 1. The van der Waals surface area contributed by atoms with Crippen LogP contribution in [-0.2, 0) is 0 Å². The third-order valence-electron chi connectivity index (χ3n) is 3.04. The summed E-state index contributed by atoms with van der Waals surface area (Å²) in [6.45, 7) is 2.15. The van der Waals surface area contributed by atoms with Gasteiger partial charge >= 0.3 is 0 Å². The van der Waals surface area contributed by atoms with E-state index in [1.807, 2.05) is 24.3 Å². The van der Waals surface area contributed by atoms with Crippen molar-refractivity contribution in [2.45, 2.75) is 25.8 Å². The number of nitrogens with one attached hydrogen (secondary N) is 1. The lowest BCUT2D eigenvalue weighted by atomic mass is 10.0. The Morgan fingerprint density at radius 3 is 2.53 bits per heavy atom. The highest BCUT2D eigenvalue weighted by atomic mass is 79.9. The van der Waals surface area contributed by atoms with Crippen molar-refractivity contribution in [2.24, 2.45) is 0 Å². The van der Waals surface area contributed by atoms with Gasteiger partial charge in [0.15, 0.2) is 0 Å². The summed E-state index contributed by atoms with van der Waals surface area (Å²) in [6.07, 6.45) is 2.09. The van der Waals surface area contributed by atoms with Gasteiger partial charge in [0.1, 0.15) is 5.82 Å². The van der Waals surface area contributed by atoms with Gasteiger partial charge < -0.3 is 5.32 Å². The summed E-state index contributed by atoms with van der Waals surface area (Å²) >= 11 is 3.17. The molecule has 1 nitrogen and oxygen atoms in total. The van der Waals surface area contributed by atoms with E-state index in [-0.39, 0.29) is 11.9 Å². The molecule has 2 aromatic carbocycles. The van der Waals surface area contributed by atoms with E-state index < -0.39 is 0 Å². The molecule has 0 saturated carbocycles. The Morgan fingerprint density at radius 1 is 1.16 bits per heavy atom. The van der Waals surface area contributed by atoms with Gasteiger partial charge in [0.05, 0.1) is 10.5 Å². The standard InChI is InChI=1S/C16H17BrFN/c1-2-6-16(12-7-4-3-5-8-12)19-13-9-10-14(17)15(18)11-13/h3-5,7-11,16,19H,2,6H2,1H3. The third-order valence-corrected chi connectivity index (χ3v) is 3.68. The molecule has 19 heavy (non-hydrogen) atoms. The van der Waals surface area contributed by atoms with Crippen molar-refractivity contribution in [3.8, 4) is 0 Å². The zero-order chi connectivity index (χ0) is 13.7. The Balaban J connectivity index is 2.19. The predicted octanol–water partition coefficient (Wildman–Crippen LogP) is 5.54. The predicted molar refractivity (Wildman–Crippen MR) is 81.8 cm³/mol. The summed E-state index contributed by atoms with van der Waals surface area (Å²) in [5.74, 6) is -0.242. The minimum absolute atomic E-state index is 0.215. The Hall–Kier alpha value is -1.35. The van der Waals surface area contributed by atoms with E-state index in [9.17, 15) is 4.39 Å². The van der Waals surface area contributed by atoms with Gasteiger partial charge in [-0.3, -0.25) is 0 Å². The van der Waals surface area contributed by atoms with Crippen LogP contribution in [0.25, 0.3) is 0 Å². The molecule has 0 heterocycles. The summed E-state index contributed by atoms with van der Waals surface area (Å²) < 4.78 is 14.0. The van der Waals surface area contributed by atoms with E-state index in [4.69, 9.17) is 0 Å². The normalized spacial score (nSPS) is 12.2. The van der Waals surface area contributed by atoms with E-state index in [1.165, 1.54) is 11.6 Å². The quantitative estimate of drug-likeness (QED) is 0.762. The molecule has 0 amide bonds. The van der Waals surface area contributed by atoms with Crippen molar-refractivity contribution in [1.82, 2.24) is 0 Å². The fourth-order valence-corrected chi connectivity index (χ4v) is 2.33. The zero-order valence-electron chi connectivity index (χ0n) is 10.9. The van der Waals surface area contributed by atoms with Gasteiger partial charge in [-0.1, -0.05) is 43.7 Å². The number of rotatable bonds is 5. The number of hydrogen-bond acceptors (Lipinski definition) is 1. The molecule has 0 fully saturated rings. The first kappa shape index (κ1) is 14.1. The monoisotopic (exact) mass is 321 g/mol. The van der Waals surface area contributed by atoms with Gasteiger partial charge in [0.25, 0.3) is 0 Å². The maximum Gasteiger partial charge on any atom is 0.139 e. The Kier molecular flexibility index (Phi) is 4.97. The topological polar surface area (TPSA) is 12.0 Å². The molecule has 2 rings (SSSR count). The summed E-state index contributed by atoms with van der Waals surface area (Å²) in [4.78, 5) is 0. The first-order valence-electron chi connectivity index (χ1n) is 6.47. The summed E-state index contributed by atoms with van der Waals surface area (Å²) in [6, 6.07) is 15.6. The molecule has 0 aromatic heterocycles. The molecule has 1 atom stereocenters. The SMILES string of the molecule is CCCC(Nc1ccc(Br)c(F)c1)c1ccccc1. The lowest BCUT2D eigenvalue weighted by Gasteiger charge is -2.20. The summed E-state index contributed by atoms with van der Waals surface area (Å²) in [5, 5.41) is 3.40. The van der Waals surface area contributed by atoms with E-state index in [2.05, 4.69) is 40.3 Å². The van der Waals surface area contributed by atoms with Crippen molar-refractivity contribution in [1.29, 1.82) is 0 Å². The molecule has 0 aliphatic heterocycles. The molecule has 0 saturated heterocycles. The van der Waals surface area contributed by atoms with Crippen LogP contribution < -0.4 is 5.32 Å². The fourth-order valence-electron chi connectivity index (χ4n) is 2.08. The summed E-state index contributed by atoms with van der Waals surface area (Å²) in [7, 11) is 0. The van der Waals surface area contributed by atoms with Gasteiger partial charge in [0.2, 0.25) is 0 Å². The molecule has 0 bridgehead atoms. The first-order valence-corrected chi connectivity index (χ1v) is 7.26. The van der Waals surface area contributed by atoms with Gasteiger partial charge in [-0.15, -0.1) is 0 Å². The largest absolute Gasteiger partial charge is 0.378 e. The average molecular weight is 322 g/mol. The molecule has 1 unspecified atom stereocenters. The Labute approximate surface area is 122 Å². The van der Waals surface area contributed by atoms with Crippen LogP contribution in [0.2, 0.25) is 0 Å². The molecule has 0 radical (unpaired) electrons. The van der Waals surface area contributed by atoms with E-state index in [1.54, 1.807) is 6.07 Å². The van der Waals surface area contributed by atoms with Crippen LogP contribution in [0.3, 0.4) is 0 Å². The molecular formula is C16H17BrFN. The van der Waals surface area contributed by atoms with Gasteiger partial charge in [-0.05, 0) is 46.1 Å². The lowest BCUT2D eigenvalue weighted by molar-refractivity contribution is 0.620. The van der Waals surface area contributed by atoms with Crippen LogP contribution in [0.5, 0.6) is 0 Å². The summed E-state index contributed by atoms with van der Waals surface area (Å²) in [5.41, 5.74) is 2.04. The second-order valence-electron chi connectivity index (χ2n) is 4.53. The van der Waals surface area contributed by atoms with Gasteiger partial charge in [-0.2, -0.15) is 0 Å². The number of hydrogen-bond donors (Lipinski definition) is 1. The molecule has 1 N–H and O–H groups in total. The van der Waals surface area contributed by atoms with E-state index in [0.717, 1.165) is 18.5 Å². The van der Waals surface area contributed by atoms with Crippen molar-refractivity contribution in [3.05, 3.63) is 64.4 Å². The van der Waals surface area contributed by atoms with Crippen LogP contribution in [-0.4, -0.2) is 0 Å². The lowest BCUT2D eigenvalue weighted by Crippen LogP contribution is -2.10. The smallest absolute Gasteiger partial charge is 0.139 e. The first-order chi connectivity index (χ1) is 9.20. The van der Waals surface area contributed by atoms with Crippen LogP contribution in [0.15, 0.2) is 53.0 Å². The van der Waals surface area contributed by atoms with Gasteiger partial charge in [-0.25, -0.2) is 4.39 Å². The van der Waals surface area contributed by atoms with Crippen molar-refractivity contribution < 1.29 is 4.39 Å². The third kappa shape index (κ3) is 3.80. The second kappa shape index (κ2) is 6.71. The number of benzene rings is 2. The molecule has 0 aliphatic rings. The second-order valence-corrected chi connectivity index (χ2v) is 5.38. The highest BCUT2D eigenvalue weighted by Gasteiger charge is 2.10.